The van der Waals surface area contributed by atoms with E-state index >= 15 is 0 Å². The minimum absolute atomic E-state index is 0.0250. The molecule has 1 atom stereocenters. The molecule has 78 valence electrons. The van der Waals surface area contributed by atoms with E-state index in [2.05, 4.69) is 4.98 Å². The molecule has 3 heteroatoms. The van der Waals surface area contributed by atoms with E-state index in [-0.39, 0.29) is 11.8 Å². The summed E-state index contributed by atoms with van der Waals surface area (Å²) >= 11 is 0. The third-order valence-electron chi connectivity index (χ3n) is 2.62. The predicted octanol–water partition coefficient (Wildman–Crippen LogP) is 2.35. The molecule has 1 aromatic heterocycles. The quantitative estimate of drug-likeness (QED) is 0.785. The number of hydrogen-bond donors (Lipinski definition) is 2. The standard InChI is InChI=1S/C12H14N2O/c1-2-10(13)8-5-6-11(15)9-4-3-7-14-12(8)9/h3-7,10,15H,2,13H2,1H3. The molecule has 0 aliphatic carbocycles. The van der Waals surface area contributed by atoms with Crippen molar-refractivity contribution in [2.45, 2.75) is 19.4 Å². The SMILES string of the molecule is CCC(N)c1ccc(O)c2cccnc12. The molecule has 0 aliphatic heterocycles. The van der Waals surface area contributed by atoms with Crippen molar-refractivity contribution < 1.29 is 5.11 Å². The topological polar surface area (TPSA) is 59.1 Å². The molecule has 3 nitrogen and oxygen atoms in total. The smallest absolute Gasteiger partial charge is 0.124 e. The summed E-state index contributed by atoms with van der Waals surface area (Å²) in [5, 5.41) is 10.4. The van der Waals surface area contributed by atoms with Crippen LogP contribution in [0, 0.1) is 0 Å². The lowest BCUT2D eigenvalue weighted by molar-refractivity contribution is 0.481. The summed E-state index contributed by atoms with van der Waals surface area (Å²) in [4.78, 5) is 4.27. The molecule has 1 heterocycles. The van der Waals surface area contributed by atoms with Gasteiger partial charge in [-0.3, -0.25) is 4.98 Å². The number of benzene rings is 1. The van der Waals surface area contributed by atoms with Gasteiger partial charge in [0.1, 0.15) is 5.75 Å². The van der Waals surface area contributed by atoms with Crippen LogP contribution in [0.1, 0.15) is 24.9 Å². The molecule has 0 spiro atoms. The highest BCUT2D eigenvalue weighted by Gasteiger charge is 2.10. The summed E-state index contributed by atoms with van der Waals surface area (Å²) in [6.45, 7) is 2.03. The number of rotatable bonds is 2. The van der Waals surface area contributed by atoms with Crippen molar-refractivity contribution in [2.75, 3.05) is 0 Å². The minimum atomic E-state index is -0.0250. The van der Waals surface area contributed by atoms with Crippen molar-refractivity contribution in [3.05, 3.63) is 36.0 Å². The molecule has 3 N–H and O–H groups in total. The van der Waals surface area contributed by atoms with Gasteiger partial charge in [-0.25, -0.2) is 0 Å². The van der Waals surface area contributed by atoms with Gasteiger partial charge >= 0.3 is 0 Å². The Morgan fingerprint density at radius 3 is 2.93 bits per heavy atom. The third kappa shape index (κ3) is 1.66. The van der Waals surface area contributed by atoms with Gasteiger partial charge in [0.2, 0.25) is 0 Å². The summed E-state index contributed by atoms with van der Waals surface area (Å²) in [5.41, 5.74) is 7.78. The maximum atomic E-state index is 9.67. The Morgan fingerprint density at radius 2 is 2.20 bits per heavy atom. The molecule has 1 unspecified atom stereocenters. The van der Waals surface area contributed by atoms with E-state index < -0.39 is 0 Å². The maximum absolute atomic E-state index is 9.67. The van der Waals surface area contributed by atoms with Crippen LogP contribution in [-0.2, 0) is 0 Å². The lowest BCUT2D eigenvalue weighted by Gasteiger charge is -2.12. The zero-order valence-electron chi connectivity index (χ0n) is 8.64. The second-order valence-corrected chi connectivity index (χ2v) is 3.59. The Balaban J connectivity index is 2.71. The molecule has 0 bridgehead atoms. The lowest BCUT2D eigenvalue weighted by Crippen LogP contribution is -2.09. The van der Waals surface area contributed by atoms with E-state index in [9.17, 15) is 5.11 Å². The highest BCUT2D eigenvalue weighted by Crippen LogP contribution is 2.29. The van der Waals surface area contributed by atoms with Gasteiger partial charge in [0.05, 0.1) is 5.52 Å². The van der Waals surface area contributed by atoms with E-state index in [1.54, 1.807) is 12.3 Å². The van der Waals surface area contributed by atoms with Gasteiger partial charge in [-0.05, 0) is 30.2 Å². The molecule has 15 heavy (non-hydrogen) atoms. The molecular weight excluding hydrogens is 188 g/mol. The van der Waals surface area contributed by atoms with Gasteiger partial charge in [-0.15, -0.1) is 0 Å². The number of nitrogens with zero attached hydrogens (tertiary/aromatic N) is 1. The average Bonchev–Trinajstić information content (AvgIpc) is 2.29. The molecule has 2 aromatic rings. The number of phenolic OH excluding ortho intramolecular Hbond substituents is 1. The van der Waals surface area contributed by atoms with Crippen molar-refractivity contribution in [3.63, 3.8) is 0 Å². The monoisotopic (exact) mass is 202 g/mol. The summed E-state index contributed by atoms with van der Waals surface area (Å²) in [6.07, 6.45) is 2.57. The Bertz CT molecular complexity index is 482. The molecule has 0 saturated carbocycles. The first-order valence-corrected chi connectivity index (χ1v) is 5.06. The van der Waals surface area contributed by atoms with Crippen molar-refractivity contribution in [3.8, 4) is 5.75 Å². The van der Waals surface area contributed by atoms with Crippen molar-refractivity contribution in [2.24, 2.45) is 5.73 Å². The molecule has 0 amide bonds. The molecule has 2 rings (SSSR count). The number of nitrogens with two attached hydrogens (primary N) is 1. The van der Waals surface area contributed by atoms with Gasteiger partial charge in [-0.2, -0.15) is 0 Å². The first-order chi connectivity index (χ1) is 7.24. The van der Waals surface area contributed by atoms with Gasteiger partial charge in [-0.1, -0.05) is 13.0 Å². The van der Waals surface area contributed by atoms with Crippen LogP contribution >= 0.6 is 0 Å². The fourth-order valence-electron chi connectivity index (χ4n) is 1.70. The molecular formula is C12H14N2O. The van der Waals surface area contributed by atoms with E-state index in [0.29, 0.717) is 0 Å². The maximum Gasteiger partial charge on any atom is 0.124 e. The highest BCUT2D eigenvalue weighted by atomic mass is 16.3. The number of phenols is 1. The van der Waals surface area contributed by atoms with Crippen molar-refractivity contribution >= 4 is 10.9 Å². The summed E-state index contributed by atoms with van der Waals surface area (Å²) in [6, 6.07) is 7.16. The van der Waals surface area contributed by atoms with Crippen LogP contribution in [0.2, 0.25) is 0 Å². The normalized spacial score (nSPS) is 12.9. The van der Waals surface area contributed by atoms with Crippen LogP contribution in [-0.4, -0.2) is 10.1 Å². The number of aromatic nitrogens is 1. The largest absolute Gasteiger partial charge is 0.507 e. The predicted molar refractivity (Wildman–Crippen MR) is 60.6 cm³/mol. The fraction of sp³-hybridized carbons (Fsp3) is 0.250. The molecule has 0 radical (unpaired) electrons. The van der Waals surface area contributed by atoms with Crippen molar-refractivity contribution in [1.82, 2.24) is 4.98 Å². The Morgan fingerprint density at radius 1 is 1.40 bits per heavy atom. The molecule has 0 fully saturated rings. The highest BCUT2D eigenvalue weighted by molar-refractivity contribution is 5.87. The minimum Gasteiger partial charge on any atom is -0.507 e. The first-order valence-electron chi connectivity index (χ1n) is 5.06. The Labute approximate surface area is 88.6 Å². The van der Waals surface area contributed by atoms with E-state index in [0.717, 1.165) is 22.9 Å². The van der Waals surface area contributed by atoms with Crippen LogP contribution in [0.3, 0.4) is 0 Å². The molecule has 0 saturated heterocycles. The van der Waals surface area contributed by atoms with E-state index in [4.69, 9.17) is 5.73 Å². The fourth-order valence-corrected chi connectivity index (χ4v) is 1.70. The summed E-state index contributed by atoms with van der Waals surface area (Å²) in [7, 11) is 0. The zero-order chi connectivity index (χ0) is 10.8. The van der Waals surface area contributed by atoms with E-state index in [1.807, 2.05) is 25.1 Å². The van der Waals surface area contributed by atoms with Gasteiger partial charge < -0.3 is 10.8 Å². The van der Waals surface area contributed by atoms with Gasteiger partial charge in [0, 0.05) is 17.6 Å². The van der Waals surface area contributed by atoms with Crippen LogP contribution < -0.4 is 5.73 Å². The molecule has 0 aliphatic rings. The zero-order valence-corrected chi connectivity index (χ0v) is 8.64. The van der Waals surface area contributed by atoms with E-state index in [1.165, 1.54) is 0 Å². The second kappa shape index (κ2) is 3.87. The second-order valence-electron chi connectivity index (χ2n) is 3.59. The number of pyridine rings is 1. The van der Waals surface area contributed by atoms with Gasteiger partial charge in [0.25, 0.3) is 0 Å². The lowest BCUT2D eigenvalue weighted by atomic mass is 10.0. The van der Waals surface area contributed by atoms with Crippen molar-refractivity contribution in [1.29, 1.82) is 0 Å². The van der Waals surface area contributed by atoms with Crippen LogP contribution in [0.5, 0.6) is 5.75 Å². The van der Waals surface area contributed by atoms with Crippen LogP contribution in [0.15, 0.2) is 30.5 Å². The summed E-state index contributed by atoms with van der Waals surface area (Å²) < 4.78 is 0. The number of aromatic hydroxyl groups is 1. The molecule has 1 aromatic carbocycles. The Kier molecular flexibility index (Phi) is 2.56. The van der Waals surface area contributed by atoms with Gasteiger partial charge in [0.15, 0.2) is 0 Å². The summed E-state index contributed by atoms with van der Waals surface area (Å²) in [5.74, 6) is 0.255. The van der Waals surface area contributed by atoms with Crippen LogP contribution in [0.4, 0.5) is 0 Å². The number of fused-ring (bicyclic) bond motifs is 1. The average molecular weight is 202 g/mol. The van der Waals surface area contributed by atoms with Crippen LogP contribution in [0.25, 0.3) is 10.9 Å². The first kappa shape index (κ1) is 9.93. The Hall–Kier alpha value is -1.61. The number of hydrogen-bond acceptors (Lipinski definition) is 3. The third-order valence-corrected chi connectivity index (χ3v) is 2.62.